The quantitative estimate of drug-likeness (QED) is 0.802. The van der Waals surface area contributed by atoms with Crippen molar-refractivity contribution in [3.05, 3.63) is 29.3 Å². The van der Waals surface area contributed by atoms with E-state index >= 15 is 0 Å². The van der Waals surface area contributed by atoms with Gasteiger partial charge in [-0.05, 0) is 55.7 Å². The topological polar surface area (TPSA) is 59.0 Å². The average molecular weight is 288 g/mol. The van der Waals surface area contributed by atoms with Crippen LogP contribution in [-0.4, -0.2) is 12.1 Å². The Morgan fingerprint density at radius 1 is 1.19 bits per heavy atom. The van der Waals surface area contributed by atoms with Crippen molar-refractivity contribution >= 4 is 0 Å². The van der Waals surface area contributed by atoms with Crippen LogP contribution < -0.4 is 10.5 Å². The number of nitrogens with zero attached hydrogens (tertiary/aromatic N) is 1. The number of hydrogen-bond acceptors (Lipinski definition) is 3. The molecule has 0 saturated heterocycles. The fourth-order valence-electron chi connectivity index (χ4n) is 2.11. The fraction of sp³-hybridized carbons (Fsp3) is 0.611. The summed E-state index contributed by atoms with van der Waals surface area (Å²) in [6.07, 6.45) is 2.52. The number of ether oxygens (including phenoxy) is 1. The molecule has 2 N–H and O–H groups in total. The molecule has 0 bridgehead atoms. The number of rotatable bonds is 6. The smallest absolute Gasteiger partial charge is 0.122 e. The Bertz CT molecular complexity index is 507. The van der Waals surface area contributed by atoms with Gasteiger partial charge in [-0.1, -0.05) is 32.9 Å². The third-order valence-corrected chi connectivity index (χ3v) is 3.64. The molecule has 0 aromatic heterocycles. The van der Waals surface area contributed by atoms with Gasteiger partial charge >= 0.3 is 0 Å². The Morgan fingerprint density at radius 3 is 2.38 bits per heavy atom. The normalized spacial score (nSPS) is 14.3. The molecule has 0 aliphatic rings. The van der Waals surface area contributed by atoms with Crippen molar-refractivity contribution < 1.29 is 4.74 Å². The summed E-state index contributed by atoms with van der Waals surface area (Å²) in [6, 6.07) is 8.50. The third kappa shape index (κ3) is 5.77. The second kappa shape index (κ2) is 6.95. The number of aryl methyl sites for hydroxylation is 1. The number of nitrogens with two attached hydrogens (primary N) is 1. The van der Waals surface area contributed by atoms with Crippen molar-refractivity contribution in [1.29, 1.82) is 5.26 Å². The zero-order valence-corrected chi connectivity index (χ0v) is 14.0. The molecular weight excluding hydrogens is 260 g/mol. The highest BCUT2D eigenvalue weighted by atomic mass is 16.5. The van der Waals surface area contributed by atoms with Crippen molar-refractivity contribution in [2.45, 2.75) is 64.8 Å². The maximum atomic E-state index is 8.85. The lowest BCUT2D eigenvalue weighted by Gasteiger charge is -2.20. The van der Waals surface area contributed by atoms with Gasteiger partial charge in [0.15, 0.2) is 0 Å². The molecule has 1 rings (SSSR count). The van der Waals surface area contributed by atoms with E-state index in [1.165, 1.54) is 11.1 Å². The Kier molecular flexibility index (Phi) is 5.80. The van der Waals surface area contributed by atoms with Crippen molar-refractivity contribution in [3.8, 4) is 11.8 Å². The van der Waals surface area contributed by atoms with Crippen LogP contribution in [0.1, 0.15) is 58.1 Å². The summed E-state index contributed by atoms with van der Waals surface area (Å²) >= 11 is 0. The first kappa shape index (κ1) is 17.5. The first-order chi connectivity index (χ1) is 9.65. The van der Waals surface area contributed by atoms with Gasteiger partial charge in [0.05, 0.1) is 12.7 Å². The van der Waals surface area contributed by atoms with Gasteiger partial charge in [0, 0.05) is 0 Å². The summed E-state index contributed by atoms with van der Waals surface area (Å²) in [4.78, 5) is 0. The zero-order valence-electron chi connectivity index (χ0n) is 14.0. The van der Waals surface area contributed by atoms with Gasteiger partial charge in [0.2, 0.25) is 0 Å². The molecule has 116 valence electrons. The largest absolute Gasteiger partial charge is 0.493 e. The molecule has 1 aromatic rings. The standard InChI is InChI=1S/C18H28N2O/c1-14-12-15(17(2,3)4)8-9-16(14)21-11-7-6-10-18(5,20)13-19/h8-9,12H,6-7,10-11,20H2,1-5H3. The average Bonchev–Trinajstić information content (AvgIpc) is 2.38. The maximum Gasteiger partial charge on any atom is 0.122 e. The lowest BCUT2D eigenvalue weighted by Crippen LogP contribution is -2.33. The minimum Gasteiger partial charge on any atom is -0.493 e. The van der Waals surface area contributed by atoms with E-state index < -0.39 is 5.54 Å². The highest BCUT2D eigenvalue weighted by Gasteiger charge is 2.16. The van der Waals surface area contributed by atoms with Gasteiger partial charge in [-0.25, -0.2) is 0 Å². The van der Waals surface area contributed by atoms with Crippen molar-refractivity contribution in [1.82, 2.24) is 0 Å². The predicted octanol–water partition coefficient (Wildman–Crippen LogP) is 4.08. The molecule has 0 amide bonds. The molecule has 3 heteroatoms. The van der Waals surface area contributed by atoms with Gasteiger partial charge < -0.3 is 10.5 Å². The van der Waals surface area contributed by atoms with E-state index in [0.29, 0.717) is 13.0 Å². The molecule has 1 aromatic carbocycles. The molecule has 0 aliphatic carbocycles. The SMILES string of the molecule is Cc1cc(C(C)(C)C)ccc1OCCCCC(C)(N)C#N. The molecule has 0 fully saturated rings. The van der Waals surface area contributed by atoms with Crippen LogP contribution in [0.2, 0.25) is 0 Å². The molecule has 0 saturated carbocycles. The summed E-state index contributed by atoms with van der Waals surface area (Å²) < 4.78 is 5.83. The van der Waals surface area contributed by atoms with Gasteiger partial charge in [-0.15, -0.1) is 0 Å². The second-order valence-electron chi connectivity index (χ2n) is 7.07. The molecule has 0 radical (unpaired) electrons. The lowest BCUT2D eigenvalue weighted by molar-refractivity contribution is 0.299. The number of hydrogen-bond donors (Lipinski definition) is 1. The molecule has 0 aliphatic heterocycles. The Labute approximate surface area is 129 Å². The van der Waals surface area contributed by atoms with E-state index in [-0.39, 0.29) is 5.41 Å². The van der Waals surface area contributed by atoms with E-state index in [2.05, 4.69) is 52.0 Å². The molecule has 3 nitrogen and oxygen atoms in total. The summed E-state index contributed by atoms with van der Waals surface area (Å²) in [6.45, 7) is 11.1. The van der Waals surface area contributed by atoms with Crippen LogP contribution in [0.4, 0.5) is 0 Å². The van der Waals surface area contributed by atoms with Crippen molar-refractivity contribution in [2.24, 2.45) is 5.73 Å². The van der Waals surface area contributed by atoms with E-state index in [4.69, 9.17) is 15.7 Å². The van der Waals surface area contributed by atoms with Crippen molar-refractivity contribution in [2.75, 3.05) is 6.61 Å². The summed E-state index contributed by atoms with van der Waals surface area (Å²) in [5, 5.41) is 8.85. The predicted molar refractivity (Wildman–Crippen MR) is 87.4 cm³/mol. The molecule has 1 unspecified atom stereocenters. The van der Waals surface area contributed by atoms with Crippen LogP contribution in [0.15, 0.2) is 18.2 Å². The zero-order chi connectivity index (χ0) is 16.1. The van der Waals surface area contributed by atoms with Crippen LogP contribution in [0.5, 0.6) is 5.75 Å². The molecule has 21 heavy (non-hydrogen) atoms. The van der Waals surface area contributed by atoms with Crippen LogP contribution in [0.3, 0.4) is 0 Å². The minimum absolute atomic E-state index is 0.159. The van der Waals surface area contributed by atoms with Crippen LogP contribution in [0, 0.1) is 18.3 Å². The van der Waals surface area contributed by atoms with Crippen molar-refractivity contribution in [3.63, 3.8) is 0 Å². The molecule has 0 heterocycles. The van der Waals surface area contributed by atoms with Crippen LogP contribution in [-0.2, 0) is 5.41 Å². The summed E-state index contributed by atoms with van der Waals surface area (Å²) in [7, 11) is 0. The highest BCUT2D eigenvalue weighted by molar-refractivity contribution is 5.38. The van der Waals surface area contributed by atoms with Crippen LogP contribution in [0.25, 0.3) is 0 Å². The number of unbranched alkanes of at least 4 members (excludes halogenated alkanes) is 1. The number of benzene rings is 1. The van der Waals surface area contributed by atoms with Gasteiger partial charge in [0.1, 0.15) is 11.3 Å². The van der Waals surface area contributed by atoms with Crippen LogP contribution >= 0.6 is 0 Å². The molecule has 1 atom stereocenters. The summed E-state index contributed by atoms with van der Waals surface area (Å²) in [5.74, 6) is 0.943. The Balaban J connectivity index is 2.45. The summed E-state index contributed by atoms with van der Waals surface area (Å²) in [5.41, 5.74) is 7.72. The van der Waals surface area contributed by atoms with E-state index in [9.17, 15) is 0 Å². The fourth-order valence-corrected chi connectivity index (χ4v) is 2.11. The Hall–Kier alpha value is -1.53. The van der Waals surface area contributed by atoms with Gasteiger partial charge in [0.25, 0.3) is 0 Å². The van der Waals surface area contributed by atoms with Gasteiger partial charge in [-0.2, -0.15) is 5.26 Å². The molecule has 0 spiro atoms. The van der Waals surface area contributed by atoms with E-state index in [1.807, 2.05) is 0 Å². The molecular formula is C18H28N2O. The van der Waals surface area contributed by atoms with Gasteiger partial charge in [-0.3, -0.25) is 0 Å². The third-order valence-electron chi connectivity index (χ3n) is 3.64. The van der Waals surface area contributed by atoms with E-state index in [1.54, 1.807) is 6.92 Å². The second-order valence-corrected chi connectivity index (χ2v) is 7.07. The van der Waals surface area contributed by atoms with E-state index in [0.717, 1.165) is 18.6 Å². The Morgan fingerprint density at radius 2 is 1.86 bits per heavy atom. The lowest BCUT2D eigenvalue weighted by atomic mass is 9.86. The number of nitriles is 1. The first-order valence-electron chi connectivity index (χ1n) is 7.60. The highest BCUT2D eigenvalue weighted by Crippen LogP contribution is 2.27. The maximum absolute atomic E-state index is 8.85. The minimum atomic E-state index is -0.718. The monoisotopic (exact) mass is 288 g/mol. The first-order valence-corrected chi connectivity index (χ1v) is 7.60.